The van der Waals surface area contributed by atoms with Crippen molar-refractivity contribution in [3.8, 4) is 0 Å². The molecule has 39 heavy (non-hydrogen) atoms. The van der Waals surface area contributed by atoms with Gasteiger partial charge in [-0.3, -0.25) is 14.4 Å². The highest BCUT2D eigenvalue weighted by molar-refractivity contribution is 5.86. The summed E-state index contributed by atoms with van der Waals surface area (Å²) in [5.41, 5.74) is 1.35. The van der Waals surface area contributed by atoms with Crippen molar-refractivity contribution in [3.05, 3.63) is 82.0 Å². The van der Waals surface area contributed by atoms with Crippen LogP contribution in [0.25, 0.3) is 11.0 Å². The third kappa shape index (κ3) is 8.50. The molecule has 1 aromatic heterocycles. The van der Waals surface area contributed by atoms with Crippen LogP contribution in [0.5, 0.6) is 0 Å². The Balaban J connectivity index is 1.90. The van der Waals surface area contributed by atoms with Gasteiger partial charge in [0.25, 0.3) is 0 Å². The summed E-state index contributed by atoms with van der Waals surface area (Å²) in [6.45, 7) is 8.92. The number of para-hydroxylation sites is 1. The minimum absolute atomic E-state index is 0.00639. The normalized spacial score (nSPS) is 12.1. The highest BCUT2D eigenvalue weighted by Crippen LogP contribution is 2.19. The number of rotatable bonds is 14. The van der Waals surface area contributed by atoms with Gasteiger partial charge in [0.1, 0.15) is 11.4 Å². The minimum Gasteiger partial charge on any atom is -0.464 e. The third-order valence-corrected chi connectivity index (χ3v) is 7.11. The zero-order chi connectivity index (χ0) is 28.4. The third-order valence-electron chi connectivity index (χ3n) is 7.11. The van der Waals surface area contributed by atoms with Crippen molar-refractivity contribution < 1.29 is 18.4 Å². The summed E-state index contributed by atoms with van der Waals surface area (Å²) in [6, 6.07) is 12.9. The minimum atomic E-state index is -0.366. The van der Waals surface area contributed by atoms with Crippen LogP contribution >= 0.6 is 0 Å². The second-order valence-electron chi connectivity index (χ2n) is 10.7. The van der Waals surface area contributed by atoms with Gasteiger partial charge in [-0.25, -0.2) is 4.39 Å². The van der Waals surface area contributed by atoms with Crippen LogP contribution in [0.2, 0.25) is 0 Å². The molecule has 0 bridgehead atoms. The average Bonchev–Trinajstić information content (AvgIpc) is 2.93. The first-order valence-electron chi connectivity index (χ1n) is 14.0. The molecule has 1 atom stereocenters. The van der Waals surface area contributed by atoms with Gasteiger partial charge in [-0.15, -0.1) is 0 Å². The van der Waals surface area contributed by atoms with E-state index in [9.17, 15) is 18.8 Å². The Bertz CT molecular complexity index is 1290. The molecule has 0 fully saturated rings. The number of hydrogen-bond acceptors (Lipinski definition) is 4. The van der Waals surface area contributed by atoms with Crippen LogP contribution in [0.15, 0.2) is 64.0 Å². The summed E-state index contributed by atoms with van der Waals surface area (Å²) in [7, 11) is 0. The van der Waals surface area contributed by atoms with Gasteiger partial charge in [-0.1, -0.05) is 64.8 Å². The van der Waals surface area contributed by atoms with Crippen LogP contribution in [0.4, 0.5) is 4.39 Å². The summed E-state index contributed by atoms with van der Waals surface area (Å²) in [4.78, 5) is 43.8. The molecule has 6 nitrogen and oxygen atoms in total. The zero-order valence-corrected chi connectivity index (χ0v) is 23.6. The second kappa shape index (κ2) is 14.6. The molecule has 0 aliphatic carbocycles. The molecular formula is C32H41FN2O4. The van der Waals surface area contributed by atoms with E-state index in [0.29, 0.717) is 29.0 Å². The van der Waals surface area contributed by atoms with E-state index in [1.54, 1.807) is 46.2 Å². The quantitative estimate of drug-likeness (QED) is 0.234. The topological polar surface area (TPSA) is 70.8 Å². The fourth-order valence-corrected chi connectivity index (χ4v) is 4.63. The smallest absolute Gasteiger partial charge is 0.242 e. The number of benzene rings is 2. The van der Waals surface area contributed by atoms with Crippen molar-refractivity contribution in [2.75, 3.05) is 13.1 Å². The molecule has 0 spiro atoms. The molecule has 0 saturated carbocycles. The van der Waals surface area contributed by atoms with Gasteiger partial charge in [0.2, 0.25) is 11.8 Å². The van der Waals surface area contributed by atoms with Crippen LogP contribution < -0.4 is 5.43 Å². The molecule has 2 amide bonds. The maximum absolute atomic E-state index is 13.8. The molecule has 1 unspecified atom stereocenters. The van der Waals surface area contributed by atoms with Crippen molar-refractivity contribution in [2.24, 2.45) is 11.8 Å². The molecule has 0 N–H and O–H groups in total. The number of hydrogen-bond donors (Lipinski definition) is 0. The number of carbonyl (C=O) groups excluding carboxylic acids is 2. The van der Waals surface area contributed by atoms with Crippen LogP contribution in [-0.4, -0.2) is 34.7 Å². The molecule has 1 heterocycles. The highest BCUT2D eigenvalue weighted by Gasteiger charge is 2.27. The Hall–Kier alpha value is -3.48. The SMILES string of the molecule is CCCCC(CC)C(=O)N(CCC(C)C)CC(=O)N(Cc1ccc(F)cc1)Cc1coc2ccccc2c1=O. The predicted octanol–water partition coefficient (Wildman–Crippen LogP) is 6.55. The Morgan fingerprint density at radius 1 is 0.949 bits per heavy atom. The number of halogens is 1. The van der Waals surface area contributed by atoms with E-state index in [1.807, 2.05) is 6.92 Å². The molecular weight excluding hydrogens is 495 g/mol. The molecule has 0 aliphatic heterocycles. The number of amides is 2. The van der Waals surface area contributed by atoms with Crippen molar-refractivity contribution in [2.45, 2.75) is 72.9 Å². The summed E-state index contributed by atoms with van der Waals surface area (Å²) in [6.07, 6.45) is 5.68. The summed E-state index contributed by atoms with van der Waals surface area (Å²) in [5, 5.41) is 0.444. The van der Waals surface area contributed by atoms with Gasteiger partial charge in [-0.2, -0.15) is 0 Å². The fraction of sp³-hybridized carbons (Fsp3) is 0.469. The van der Waals surface area contributed by atoms with E-state index in [4.69, 9.17) is 4.42 Å². The number of nitrogens with zero attached hydrogens (tertiary/aromatic N) is 2. The second-order valence-corrected chi connectivity index (χ2v) is 10.7. The maximum Gasteiger partial charge on any atom is 0.242 e. The van der Waals surface area contributed by atoms with E-state index in [1.165, 1.54) is 18.4 Å². The standard InChI is InChI=1S/C32H41FN2O4/c1-5-7-10-25(6-2)32(38)34(18-17-23(3)4)21-30(36)35(19-24-13-15-27(33)16-14-24)20-26-22-39-29-12-9-8-11-28(29)31(26)37/h8-9,11-16,22-23,25H,5-7,10,17-21H2,1-4H3. The van der Waals surface area contributed by atoms with Gasteiger partial charge in [0, 0.05) is 19.0 Å². The summed E-state index contributed by atoms with van der Waals surface area (Å²) >= 11 is 0. The first kappa shape index (κ1) is 30.1. The van der Waals surface area contributed by atoms with Crippen molar-refractivity contribution in [1.82, 2.24) is 9.80 Å². The van der Waals surface area contributed by atoms with Crippen molar-refractivity contribution >= 4 is 22.8 Å². The van der Waals surface area contributed by atoms with Crippen LogP contribution in [0.3, 0.4) is 0 Å². The van der Waals surface area contributed by atoms with Crippen molar-refractivity contribution in [3.63, 3.8) is 0 Å². The number of fused-ring (bicyclic) bond motifs is 1. The van der Waals surface area contributed by atoms with E-state index < -0.39 is 0 Å². The molecule has 7 heteroatoms. The van der Waals surface area contributed by atoms with E-state index in [-0.39, 0.29) is 48.6 Å². The molecule has 210 valence electrons. The number of unbranched alkanes of at least 4 members (excludes halogenated alkanes) is 1. The Kier molecular flexibility index (Phi) is 11.3. The molecule has 0 aliphatic rings. The monoisotopic (exact) mass is 536 g/mol. The Morgan fingerprint density at radius 3 is 2.33 bits per heavy atom. The lowest BCUT2D eigenvalue weighted by molar-refractivity contribution is -0.144. The van der Waals surface area contributed by atoms with Crippen LogP contribution in [0, 0.1) is 17.7 Å². The maximum atomic E-state index is 13.8. The van der Waals surface area contributed by atoms with Gasteiger partial charge < -0.3 is 14.2 Å². The van der Waals surface area contributed by atoms with Gasteiger partial charge >= 0.3 is 0 Å². The van der Waals surface area contributed by atoms with E-state index in [2.05, 4.69) is 20.8 Å². The lowest BCUT2D eigenvalue weighted by Crippen LogP contribution is -2.45. The lowest BCUT2D eigenvalue weighted by atomic mass is 9.97. The summed E-state index contributed by atoms with van der Waals surface area (Å²) in [5.74, 6) is -0.372. The van der Waals surface area contributed by atoms with E-state index in [0.717, 1.165) is 37.7 Å². The predicted molar refractivity (Wildman–Crippen MR) is 152 cm³/mol. The molecule has 2 aromatic carbocycles. The fourth-order valence-electron chi connectivity index (χ4n) is 4.63. The molecule has 0 radical (unpaired) electrons. The summed E-state index contributed by atoms with van der Waals surface area (Å²) < 4.78 is 19.2. The van der Waals surface area contributed by atoms with E-state index >= 15 is 0 Å². The van der Waals surface area contributed by atoms with Crippen LogP contribution in [-0.2, 0) is 22.7 Å². The Morgan fingerprint density at radius 2 is 1.67 bits per heavy atom. The Labute approximate surface area is 230 Å². The number of carbonyl (C=O) groups is 2. The van der Waals surface area contributed by atoms with Gasteiger partial charge in [0.05, 0.1) is 30.3 Å². The largest absolute Gasteiger partial charge is 0.464 e. The molecule has 3 aromatic rings. The van der Waals surface area contributed by atoms with Gasteiger partial charge in [-0.05, 0) is 55.0 Å². The first-order valence-corrected chi connectivity index (χ1v) is 14.0. The first-order chi connectivity index (χ1) is 18.7. The van der Waals surface area contributed by atoms with Crippen molar-refractivity contribution in [1.29, 1.82) is 0 Å². The molecule has 3 rings (SSSR count). The highest BCUT2D eigenvalue weighted by atomic mass is 19.1. The lowest BCUT2D eigenvalue weighted by Gasteiger charge is -2.30. The molecule has 0 saturated heterocycles. The van der Waals surface area contributed by atoms with Crippen LogP contribution in [0.1, 0.15) is 70.9 Å². The average molecular weight is 537 g/mol. The van der Waals surface area contributed by atoms with Gasteiger partial charge in [0.15, 0.2) is 5.43 Å². The zero-order valence-electron chi connectivity index (χ0n) is 23.6.